The predicted molar refractivity (Wildman–Crippen MR) is 90.8 cm³/mol. The van der Waals surface area contributed by atoms with E-state index in [1.54, 1.807) is 16.7 Å². The van der Waals surface area contributed by atoms with Crippen molar-refractivity contribution in [3.63, 3.8) is 0 Å². The topological polar surface area (TPSA) is 77.5 Å². The molecule has 0 saturated carbocycles. The molecule has 3 rings (SSSR count). The van der Waals surface area contributed by atoms with E-state index in [1.165, 1.54) is 35.6 Å². The first kappa shape index (κ1) is 16.2. The molecule has 0 aliphatic heterocycles. The van der Waals surface area contributed by atoms with Crippen molar-refractivity contribution >= 4 is 43.8 Å². The van der Waals surface area contributed by atoms with Crippen LogP contribution < -0.4 is 4.80 Å². The van der Waals surface area contributed by atoms with Gasteiger partial charge in [-0.3, -0.25) is 14.9 Å². The van der Waals surface area contributed by atoms with E-state index in [0.717, 1.165) is 16.9 Å². The average Bonchev–Trinajstić information content (AvgIpc) is 3.13. The molecule has 9 heteroatoms. The lowest BCUT2D eigenvalue weighted by Crippen LogP contribution is -2.15. The molecule has 122 valence electrons. The van der Waals surface area contributed by atoms with Crippen LogP contribution in [0.4, 0.5) is 9.39 Å². The van der Waals surface area contributed by atoms with Crippen molar-refractivity contribution in [2.24, 2.45) is 4.99 Å². The number of halogens is 1. The standard InChI is InChI=1S/C15H10FN3O3S2/c1-2-7-18-10-4-3-9(16)8-12(10)24-15(18)17-14(20)11-5-6-13(23-11)19(21)22/h2-6,8H,1,7H2. The number of hydrogen-bond donors (Lipinski definition) is 0. The fraction of sp³-hybridized carbons (Fsp3) is 0.0667. The first-order valence-corrected chi connectivity index (χ1v) is 8.36. The fourth-order valence-electron chi connectivity index (χ4n) is 2.12. The van der Waals surface area contributed by atoms with Crippen LogP contribution in [0, 0.1) is 15.9 Å². The zero-order valence-electron chi connectivity index (χ0n) is 12.1. The number of thiophene rings is 1. The van der Waals surface area contributed by atoms with Crippen molar-refractivity contribution in [1.82, 2.24) is 4.57 Å². The summed E-state index contributed by atoms with van der Waals surface area (Å²) in [7, 11) is 0. The molecule has 3 aromatic rings. The normalized spacial score (nSPS) is 11.8. The van der Waals surface area contributed by atoms with Gasteiger partial charge < -0.3 is 4.57 Å². The second-order valence-electron chi connectivity index (χ2n) is 4.71. The summed E-state index contributed by atoms with van der Waals surface area (Å²) < 4.78 is 15.8. The van der Waals surface area contributed by atoms with Gasteiger partial charge in [0.15, 0.2) is 4.80 Å². The highest BCUT2D eigenvalue weighted by molar-refractivity contribution is 7.17. The molecule has 6 nitrogen and oxygen atoms in total. The largest absolute Gasteiger partial charge is 0.324 e. The summed E-state index contributed by atoms with van der Waals surface area (Å²) in [5.74, 6) is -0.945. The van der Waals surface area contributed by atoms with E-state index in [1.807, 2.05) is 0 Å². The monoisotopic (exact) mass is 363 g/mol. The van der Waals surface area contributed by atoms with Gasteiger partial charge >= 0.3 is 5.00 Å². The number of amides is 1. The highest BCUT2D eigenvalue weighted by Crippen LogP contribution is 2.24. The minimum atomic E-state index is -0.571. The van der Waals surface area contributed by atoms with Crippen molar-refractivity contribution in [2.45, 2.75) is 6.54 Å². The molecule has 0 saturated heterocycles. The Balaban J connectivity index is 2.10. The van der Waals surface area contributed by atoms with Crippen molar-refractivity contribution in [2.75, 3.05) is 0 Å². The smallest absolute Gasteiger partial charge is 0.312 e. The second kappa shape index (κ2) is 6.46. The summed E-state index contributed by atoms with van der Waals surface area (Å²) in [6, 6.07) is 6.97. The number of nitro groups is 1. The summed E-state index contributed by atoms with van der Waals surface area (Å²) in [6.07, 6.45) is 1.65. The molecule has 0 aliphatic rings. The lowest BCUT2D eigenvalue weighted by atomic mass is 10.3. The number of carbonyl (C=O) groups is 1. The molecule has 0 spiro atoms. The molecule has 0 radical (unpaired) electrons. The molecule has 0 N–H and O–H groups in total. The Morgan fingerprint density at radius 2 is 2.17 bits per heavy atom. The van der Waals surface area contributed by atoms with Gasteiger partial charge in [-0.15, -0.1) is 6.58 Å². The molecular formula is C15H10FN3O3S2. The van der Waals surface area contributed by atoms with Crippen LogP contribution in [0.5, 0.6) is 0 Å². The predicted octanol–water partition coefficient (Wildman–Crippen LogP) is 3.74. The quantitative estimate of drug-likeness (QED) is 0.402. The second-order valence-corrected chi connectivity index (χ2v) is 6.78. The molecule has 0 atom stereocenters. The number of allylic oxidation sites excluding steroid dienone is 1. The Labute approximate surface area is 143 Å². The molecule has 1 amide bonds. The number of benzene rings is 1. The third-order valence-electron chi connectivity index (χ3n) is 3.14. The fourth-order valence-corrected chi connectivity index (χ4v) is 3.89. The van der Waals surface area contributed by atoms with Crippen LogP contribution >= 0.6 is 22.7 Å². The van der Waals surface area contributed by atoms with Crippen LogP contribution in [0.1, 0.15) is 9.67 Å². The molecule has 24 heavy (non-hydrogen) atoms. The maximum atomic E-state index is 13.4. The summed E-state index contributed by atoms with van der Waals surface area (Å²) in [5.41, 5.74) is 0.741. The van der Waals surface area contributed by atoms with Crippen molar-refractivity contribution in [3.05, 3.63) is 68.6 Å². The molecule has 0 fully saturated rings. The van der Waals surface area contributed by atoms with Crippen LogP contribution in [0.2, 0.25) is 0 Å². The van der Waals surface area contributed by atoms with Crippen LogP contribution in [0.3, 0.4) is 0 Å². The minimum absolute atomic E-state index is 0.120. The van der Waals surface area contributed by atoms with Gasteiger partial charge in [-0.1, -0.05) is 28.7 Å². The Kier molecular flexibility index (Phi) is 4.36. The molecule has 0 bridgehead atoms. The van der Waals surface area contributed by atoms with E-state index in [9.17, 15) is 19.3 Å². The highest BCUT2D eigenvalue weighted by atomic mass is 32.1. The molecule has 0 unspecified atom stereocenters. The summed E-state index contributed by atoms with van der Waals surface area (Å²) in [5, 5.41) is 10.6. The zero-order chi connectivity index (χ0) is 17.3. The van der Waals surface area contributed by atoms with E-state index in [2.05, 4.69) is 11.6 Å². The minimum Gasteiger partial charge on any atom is -0.312 e. The first-order chi connectivity index (χ1) is 11.5. The van der Waals surface area contributed by atoms with Gasteiger partial charge in [0.2, 0.25) is 0 Å². The van der Waals surface area contributed by atoms with Gasteiger partial charge in [0.05, 0.1) is 15.1 Å². The van der Waals surface area contributed by atoms with Gasteiger partial charge in [-0.2, -0.15) is 4.99 Å². The first-order valence-electron chi connectivity index (χ1n) is 6.72. The summed E-state index contributed by atoms with van der Waals surface area (Å²) in [6.45, 7) is 4.08. The number of hydrogen-bond acceptors (Lipinski definition) is 5. The highest BCUT2D eigenvalue weighted by Gasteiger charge is 2.15. The van der Waals surface area contributed by atoms with E-state index < -0.39 is 10.8 Å². The van der Waals surface area contributed by atoms with Crippen LogP contribution in [-0.4, -0.2) is 15.4 Å². The van der Waals surface area contributed by atoms with E-state index >= 15 is 0 Å². The Morgan fingerprint density at radius 1 is 1.38 bits per heavy atom. The van der Waals surface area contributed by atoms with Gasteiger partial charge in [0.25, 0.3) is 5.91 Å². The maximum Gasteiger partial charge on any atom is 0.324 e. The summed E-state index contributed by atoms with van der Waals surface area (Å²) >= 11 is 1.94. The lowest BCUT2D eigenvalue weighted by Gasteiger charge is -2.00. The molecule has 2 heterocycles. The number of nitrogens with zero attached hydrogens (tertiary/aromatic N) is 3. The Morgan fingerprint density at radius 3 is 2.83 bits per heavy atom. The van der Waals surface area contributed by atoms with E-state index in [4.69, 9.17) is 0 Å². The van der Waals surface area contributed by atoms with Crippen molar-refractivity contribution in [3.8, 4) is 0 Å². The Bertz CT molecular complexity index is 1030. The van der Waals surface area contributed by atoms with Gasteiger partial charge in [-0.05, 0) is 24.3 Å². The van der Waals surface area contributed by atoms with E-state index in [-0.39, 0.29) is 15.7 Å². The van der Waals surface area contributed by atoms with Crippen LogP contribution in [0.25, 0.3) is 10.2 Å². The van der Waals surface area contributed by atoms with E-state index in [0.29, 0.717) is 16.0 Å². The number of thiazole rings is 1. The molecule has 1 aromatic carbocycles. The van der Waals surface area contributed by atoms with Crippen molar-refractivity contribution in [1.29, 1.82) is 0 Å². The molecular weight excluding hydrogens is 353 g/mol. The third kappa shape index (κ3) is 3.03. The SMILES string of the molecule is C=CCn1c(=NC(=O)c2ccc([N+](=O)[O-])s2)sc2cc(F)ccc21. The van der Waals surface area contributed by atoms with Gasteiger partial charge in [-0.25, -0.2) is 4.39 Å². The summed E-state index contributed by atoms with van der Waals surface area (Å²) in [4.78, 5) is 27.0. The van der Waals surface area contributed by atoms with Gasteiger partial charge in [0, 0.05) is 12.6 Å². The van der Waals surface area contributed by atoms with Crippen molar-refractivity contribution < 1.29 is 14.1 Å². The third-order valence-corrected chi connectivity index (χ3v) is 5.20. The lowest BCUT2D eigenvalue weighted by molar-refractivity contribution is -0.380. The molecule has 0 aliphatic carbocycles. The van der Waals surface area contributed by atoms with Crippen LogP contribution in [-0.2, 0) is 6.54 Å². The maximum absolute atomic E-state index is 13.4. The van der Waals surface area contributed by atoms with Gasteiger partial charge in [0.1, 0.15) is 10.7 Å². The number of rotatable bonds is 4. The average molecular weight is 363 g/mol. The number of fused-ring (bicyclic) bond motifs is 1. The number of aromatic nitrogens is 1. The number of carbonyl (C=O) groups excluding carboxylic acids is 1. The Hall–Kier alpha value is -2.65. The van der Waals surface area contributed by atoms with Crippen LogP contribution in [0.15, 0.2) is 48.0 Å². The zero-order valence-corrected chi connectivity index (χ0v) is 13.8. The molecule has 2 aromatic heterocycles.